The van der Waals surface area contributed by atoms with Crippen molar-refractivity contribution in [2.45, 2.75) is 32.1 Å². The van der Waals surface area contributed by atoms with Gasteiger partial charge in [0.15, 0.2) is 0 Å². The van der Waals surface area contributed by atoms with Crippen LogP contribution in [0.3, 0.4) is 0 Å². The predicted octanol–water partition coefficient (Wildman–Crippen LogP) is 4.36. The lowest BCUT2D eigenvalue weighted by Crippen LogP contribution is -1.86. The molecule has 1 rings (SSSR count). The van der Waals surface area contributed by atoms with Gasteiger partial charge in [-0.15, -0.1) is 0 Å². The lowest BCUT2D eigenvalue weighted by molar-refractivity contribution is 0.625. The van der Waals surface area contributed by atoms with Gasteiger partial charge in [0.25, 0.3) is 0 Å². The Balaban J connectivity index is 2.15. The molecule has 0 unspecified atom stereocenters. The van der Waals surface area contributed by atoms with Gasteiger partial charge < -0.3 is 0 Å². The molecule has 0 spiro atoms. The highest BCUT2D eigenvalue weighted by molar-refractivity contribution is 14.1. The van der Waals surface area contributed by atoms with Gasteiger partial charge in [-0.05, 0) is 41.4 Å². The molecule has 0 nitrogen and oxygen atoms in total. The predicted molar refractivity (Wildman–Crippen MR) is 67.5 cm³/mol. The molecule has 0 aliphatic carbocycles. The number of halogens is 2. The molecule has 0 aromatic heterocycles. The van der Waals surface area contributed by atoms with Crippen molar-refractivity contribution in [2.75, 3.05) is 4.43 Å². The van der Waals surface area contributed by atoms with E-state index in [0.717, 1.165) is 6.42 Å². The Kier molecular flexibility index (Phi) is 6.15. The standard InChI is InChI=1S/C12H16FI/c13-12-8-6-11(7-9-12)5-3-1-2-4-10-14/h6-9H,1-5,10H2. The first-order valence-corrected chi connectivity index (χ1v) is 6.66. The molecule has 0 aliphatic rings. The number of unbranched alkanes of at least 4 members (excludes halogenated alkanes) is 3. The zero-order valence-corrected chi connectivity index (χ0v) is 10.5. The van der Waals surface area contributed by atoms with E-state index in [4.69, 9.17) is 0 Å². The summed E-state index contributed by atoms with van der Waals surface area (Å²) in [5.74, 6) is -0.140. The average molecular weight is 306 g/mol. The molecule has 0 radical (unpaired) electrons. The van der Waals surface area contributed by atoms with Crippen LogP contribution in [-0.4, -0.2) is 4.43 Å². The van der Waals surface area contributed by atoms with E-state index in [0.29, 0.717) is 0 Å². The molecular formula is C12H16FI. The second-order valence-corrected chi connectivity index (χ2v) is 4.56. The highest BCUT2D eigenvalue weighted by Crippen LogP contribution is 2.09. The van der Waals surface area contributed by atoms with Crippen molar-refractivity contribution >= 4 is 22.6 Å². The number of hydrogen-bond acceptors (Lipinski definition) is 0. The van der Waals surface area contributed by atoms with Gasteiger partial charge >= 0.3 is 0 Å². The minimum Gasteiger partial charge on any atom is -0.207 e. The van der Waals surface area contributed by atoms with Crippen LogP contribution >= 0.6 is 22.6 Å². The Labute approximate surface area is 99.0 Å². The van der Waals surface area contributed by atoms with E-state index in [1.54, 1.807) is 12.1 Å². The summed E-state index contributed by atoms with van der Waals surface area (Å²) in [5.41, 5.74) is 1.25. The summed E-state index contributed by atoms with van der Waals surface area (Å²) < 4.78 is 13.8. The third kappa shape index (κ3) is 4.94. The van der Waals surface area contributed by atoms with E-state index in [2.05, 4.69) is 22.6 Å². The molecule has 2 heteroatoms. The second kappa shape index (κ2) is 7.21. The van der Waals surface area contributed by atoms with Gasteiger partial charge in [-0.2, -0.15) is 0 Å². The summed E-state index contributed by atoms with van der Waals surface area (Å²) >= 11 is 2.41. The van der Waals surface area contributed by atoms with Crippen LogP contribution in [0, 0.1) is 5.82 Å². The lowest BCUT2D eigenvalue weighted by atomic mass is 10.1. The largest absolute Gasteiger partial charge is 0.207 e. The van der Waals surface area contributed by atoms with E-state index >= 15 is 0 Å². The molecule has 0 N–H and O–H groups in total. The topological polar surface area (TPSA) is 0 Å². The highest BCUT2D eigenvalue weighted by Gasteiger charge is 1.94. The van der Waals surface area contributed by atoms with E-state index in [-0.39, 0.29) is 5.82 Å². The summed E-state index contributed by atoms with van der Waals surface area (Å²) in [4.78, 5) is 0. The number of aryl methyl sites for hydroxylation is 1. The summed E-state index contributed by atoms with van der Waals surface area (Å²) in [6, 6.07) is 6.85. The van der Waals surface area contributed by atoms with Crippen molar-refractivity contribution in [1.29, 1.82) is 0 Å². The van der Waals surface area contributed by atoms with Crippen molar-refractivity contribution in [1.82, 2.24) is 0 Å². The number of alkyl halides is 1. The minimum absolute atomic E-state index is 0.140. The van der Waals surface area contributed by atoms with Crippen LogP contribution in [0.25, 0.3) is 0 Å². The monoisotopic (exact) mass is 306 g/mol. The Bertz CT molecular complexity index is 243. The van der Waals surface area contributed by atoms with Crippen LogP contribution in [0.15, 0.2) is 24.3 Å². The van der Waals surface area contributed by atoms with Crippen molar-refractivity contribution in [3.63, 3.8) is 0 Å². The first-order chi connectivity index (χ1) is 6.83. The molecule has 0 heterocycles. The van der Waals surface area contributed by atoms with Gasteiger partial charge in [0.2, 0.25) is 0 Å². The first-order valence-electron chi connectivity index (χ1n) is 5.13. The fourth-order valence-electron chi connectivity index (χ4n) is 1.43. The molecule has 0 amide bonds. The molecule has 0 saturated heterocycles. The molecular weight excluding hydrogens is 290 g/mol. The maximum atomic E-state index is 12.6. The van der Waals surface area contributed by atoms with Crippen molar-refractivity contribution < 1.29 is 4.39 Å². The molecule has 0 atom stereocenters. The van der Waals surface area contributed by atoms with Gasteiger partial charge in [-0.1, -0.05) is 47.6 Å². The molecule has 1 aromatic carbocycles. The zero-order valence-electron chi connectivity index (χ0n) is 8.31. The lowest BCUT2D eigenvalue weighted by Gasteiger charge is -2.00. The summed E-state index contributed by atoms with van der Waals surface area (Å²) in [5, 5.41) is 0. The molecule has 0 saturated carbocycles. The second-order valence-electron chi connectivity index (χ2n) is 3.48. The summed E-state index contributed by atoms with van der Waals surface area (Å²) in [7, 11) is 0. The summed E-state index contributed by atoms with van der Waals surface area (Å²) in [6.07, 6.45) is 6.25. The normalized spacial score (nSPS) is 10.4. The van der Waals surface area contributed by atoms with Crippen LogP contribution in [-0.2, 0) is 6.42 Å². The zero-order chi connectivity index (χ0) is 10.2. The highest BCUT2D eigenvalue weighted by atomic mass is 127. The SMILES string of the molecule is Fc1ccc(CCCCCCI)cc1. The van der Waals surface area contributed by atoms with Crippen LogP contribution in [0.5, 0.6) is 0 Å². The maximum Gasteiger partial charge on any atom is 0.123 e. The van der Waals surface area contributed by atoms with Gasteiger partial charge in [-0.25, -0.2) is 4.39 Å². The van der Waals surface area contributed by atoms with Crippen LogP contribution in [0.4, 0.5) is 4.39 Å². The molecule has 0 fully saturated rings. The van der Waals surface area contributed by atoms with Crippen molar-refractivity contribution in [3.05, 3.63) is 35.6 Å². The average Bonchev–Trinajstić information content (AvgIpc) is 2.21. The fraction of sp³-hybridized carbons (Fsp3) is 0.500. The Morgan fingerprint density at radius 3 is 2.21 bits per heavy atom. The number of rotatable bonds is 6. The maximum absolute atomic E-state index is 12.6. The van der Waals surface area contributed by atoms with Gasteiger partial charge in [0.05, 0.1) is 0 Å². The van der Waals surface area contributed by atoms with E-state index in [1.807, 2.05) is 12.1 Å². The third-order valence-electron chi connectivity index (χ3n) is 2.26. The number of benzene rings is 1. The molecule has 0 bridgehead atoms. The summed E-state index contributed by atoms with van der Waals surface area (Å²) in [6.45, 7) is 0. The van der Waals surface area contributed by atoms with Crippen LogP contribution in [0.2, 0.25) is 0 Å². The molecule has 14 heavy (non-hydrogen) atoms. The Morgan fingerprint density at radius 2 is 1.57 bits per heavy atom. The van der Waals surface area contributed by atoms with Crippen LogP contribution in [0.1, 0.15) is 31.2 Å². The van der Waals surface area contributed by atoms with Gasteiger partial charge in [-0.3, -0.25) is 0 Å². The third-order valence-corrected chi connectivity index (χ3v) is 3.03. The molecule has 78 valence electrons. The Morgan fingerprint density at radius 1 is 0.929 bits per heavy atom. The quantitative estimate of drug-likeness (QED) is 0.416. The van der Waals surface area contributed by atoms with Gasteiger partial charge in [0, 0.05) is 0 Å². The minimum atomic E-state index is -0.140. The number of hydrogen-bond donors (Lipinski definition) is 0. The van der Waals surface area contributed by atoms with Crippen molar-refractivity contribution in [2.24, 2.45) is 0 Å². The van der Waals surface area contributed by atoms with Gasteiger partial charge in [0.1, 0.15) is 5.82 Å². The Hall–Kier alpha value is -0.120. The van der Waals surface area contributed by atoms with E-state index in [9.17, 15) is 4.39 Å². The molecule has 0 aliphatic heterocycles. The van der Waals surface area contributed by atoms with Crippen molar-refractivity contribution in [3.8, 4) is 0 Å². The smallest absolute Gasteiger partial charge is 0.123 e. The fourth-order valence-corrected chi connectivity index (χ4v) is 1.97. The molecule has 1 aromatic rings. The van der Waals surface area contributed by atoms with E-state index < -0.39 is 0 Å². The van der Waals surface area contributed by atoms with Crippen LogP contribution < -0.4 is 0 Å². The first kappa shape index (κ1) is 12.0. The van der Waals surface area contributed by atoms with E-state index in [1.165, 1.54) is 35.7 Å².